The average molecular weight is 243 g/mol. The highest BCUT2D eigenvalue weighted by molar-refractivity contribution is 5.95. The van der Waals surface area contributed by atoms with E-state index in [0.29, 0.717) is 17.9 Å². The summed E-state index contributed by atoms with van der Waals surface area (Å²) in [7, 11) is 0. The summed E-state index contributed by atoms with van der Waals surface area (Å²) in [6, 6.07) is 6.01. The molecule has 0 unspecified atom stereocenters. The number of pyridine rings is 1. The first-order valence-electron chi connectivity index (χ1n) is 6.08. The number of benzene rings is 1. The molecule has 0 atom stereocenters. The standard InChI is InChI=1S/C15H17NO2/c1-5-18-15(17)13-8-12-7-9(2)6-10(3)14(12)16-11(13)4/h6-8H,5H2,1-4H3. The molecule has 3 heteroatoms. The minimum Gasteiger partial charge on any atom is -0.462 e. The Morgan fingerprint density at radius 2 is 1.94 bits per heavy atom. The molecule has 1 heterocycles. The van der Waals surface area contributed by atoms with Gasteiger partial charge in [-0.05, 0) is 45.4 Å². The lowest BCUT2D eigenvalue weighted by Gasteiger charge is -2.09. The van der Waals surface area contributed by atoms with Gasteiger partial charge in [0, 0.05) is 5.39 Å². The molecule has 0 amide bonds. The number of aryl methyl sites for hydroxylation is 3. The van der Waals surface area contributed by atoms with Crippen LogP contribution in [0, 0.1) is 20.8 Å². The number of hydrogen-bond donors (Lipinski definition) is 0. The Hall–Kier alpha value is -1.90. The molecule has 0 fully saturated rings. The molecule has 0 aliphatic carbocycles. The average Bonchev–Trinajstić information content (AvgIpc) is 2.29. The minimum absolute atomic E-state index is 0.302. The van der Waals surface area contributed by atoms with Gasteiger partial charge in [-0.25, -0.2) is 4.79 Å². The van der Waals surface area contributed by atoms with Crippen LogP contribution in [0.3, 0.4) is 0 Å². The summed E-state index contributed by atoms with van der Waals surface area (Å²) in [6.45, 7) is 8.09. The number of ether oxygens (including phenoxy) is 1. The van der Waals surface area contributed by atoms with E-state index < -0.39 is 0 Å². The van der Waals surface area contributed by atoms with E-state index in [9.17, 15) is 4.79 Å². The van der Waals surface area contributed by atoms with Crippen molar-refractivity contribution in [3.05, 3.63) is 40.6 Å². The van der Waals surface area contributed by atoms with Crippen molar-refractivity contribution in [2.45, 2.75) is 27.7 Å². The summed E-state index contributed by atoms with van der Waals surface area (Å²) in [4.78, 5) is 16.3. The van der Waals surface area contributed by atoms with E-state index in [-0.39, 0.29) is 5.97 Å². The van der Waals surface area contributed by atoms with Crippen LogP contribution in [0.2, 0.25) is 0 Å². The summed E-state index contributed by atoms with van der Waals surface area (Å²) in [5.74, 6) is -0.302. The van der Waals surface area contributed by atoms with E-state index in [1.165, 1.54) is 5.56 Å². The van der Waals surface area contributed by atoms with Crippen LogP contribution in [0.15, 0.2) is 18.2 Å². The monoisotopic (exact) mass is 243 g/mol. The molecule has 0 N–H and O–H groups in total. The Kier molecular flexibility index (Phi) is 3.32. The molecule has 0 spiro atoms. The zero-order chi connectivity index (χ0) is 13.3. The largest absolute Gasteiger partial charge is 0.462 e. The summed E-state index contributed by atoms with van der Waals surface area (Å²) < 4.78 is 5.04. The number of carbonyl (C=O) groups excluding carboxylic acids is 1. The van der Waals surface area contributed by atoms with Crippen LogP contribution in [0.25, 0.3) is 10.9 Å². The second kappa shape index (κ2) is 4.77. The Labute approximate surface area is 107 Å². The first-order chi connectivity index (χ1) is 8.52. The van der Waals surface area contributed by atoms with Gasteiger partial charge in [-0.3, -0.25) is 4.98 Å². The highest BCUT2D eigenvalue weighted by Crippen LogP contribution is 2.22. The van der Waals surface area contributed by atoms with Crippen molar-refractivity contribution in [3.8, 4) is 0 Å². The maximum Gasteiger partial charge on any atom is 0.339 e. The van der Waals surface area contributed by atoms with Crippen molar-refractivity contribution >= 4 is 16.9 Å². The fraction of sp³-hybridized carbons (Fsp3) is 0.333. The molecule has 2 rings (SSSR count). The Bertz CT molecular complexity index is 617. The molecule has 1 aromatic carbocycles. The molecule has 1 aromatic heterocycles. The lowest BCUT2D eigenvalue weighted by atomic mass is 10.0. The van der Waals surface area contributed by atoms with Crippen molar-refractivity contribution in [1.29, 1.82) is 0 Å². The first kappa shape index (κ1) is 12.6. The number of carbonyl (C=O) groups is 1. The molecule has 0 radical (unpaired) electrons. The zero-order valence-electron chi connectivity index (χ0n) is 11.2. The van der Waals surface area contributed by atoms with Gasteiger partial charge in [0.2, 0.25) is 0 Å². The molecule has 0 aliphatic rings. The lowest BCUT2D eigenvalue weighted by Crippen LogP contribution is -2.08. The maximum atomic E-state index is 11.8. The molecule has 0 aliphatic heterocycles. The van der Waals surface area contributed by atoms with Crippen LogP contribution in [0.1, 0.15) is 34.1 Å². The van der Waals surface area contributed by atoms with Crippen molar-refractivity contribution < 1.29 is 9.53 Å². The minimum atomic E-state index is -0.302. The molecule has 94 valence electrons. The quantitative estimate of drug-likeness (QED) is 0.759. The number of esters is 1. The highest BCUT2D eigenvalue weighted by atomic mass is 16.5. The lowest BCUT2D eigenvalue weighted by molar-refractivity contribution is 0.0525. The van der Waals surface area contributed by atoms with Crippen LogP contribution >= 0.6 is 0 Å². The van der Waals surface area contributed by atoms with Gasteiger partial charge in [0.1, 0.15) is 0 Å². The molecule has 2 aromatic rings. The van der Waals surface area contributed by atoms with Crippen LogP contribution in [-0.4, -0.2) is 17.6 Å². The summed E-state index contributed by atoms with van der Waals surface area (Å²) in [6.07, 6.45) is 0. The predicted octanol–water partition coefficient (Wildman–Crippen LogP) is 3.34. The van der Waals surface area contributed by atoms with Crippen molar-refractivity contribution in [3.63, 3.8) is 0 Å². The smallest absolute Gasteiger partial charge is 0.339 e. The number of nitrogens with zero attached hydrogens (tertiary/aromatic N) is 1. The Balaban J connectivity index is 2.64. The zero-order valence-corrected chi connectivity index (χ0v) is 11.2. The van der Waals surface area contributed by atoms with Gasteiger partial charge in [0.15, 0.2) is 0 Å². The number of fused-ring (bicyclic) bond motifs is 1. The van der Waals surface area contributed by atoms with Crippen LogP contribution in [0.5, 0.6) is 0 Å². The maximum absolute atomic E-state index is 11.8. The molecule has 0 bridgehead atoms. The Morgan fingerprint density at radius 1 is 1.22 bits per heavy atom. The predicted molar refractivity (Wildman–Crippen MR) is 71.9 cm³/mol. The first-order valence-corrected chi connectivity index (χ1v) is 6.08. The normalized spacial score (nSPS) is 10.7. The van der Waals surface area contributed by atoms with E-state index in [4.69, 9.17) is 4.74 Å². The fourth-order valence-electron chi connectivity index (χ4n) is 2.16. The van der Waals surface area contributed by atoms with Crippen LogP contribution in [-0.2, 0) is 4.74 Å². The van der Waals surface area contributed by atoms with E-state index in [0.717, 1.165) is 16.5 Å². The molecule has 0 saturated carbocycles. The second-order valence-corrected chi connectivity index (χ2v) is 4.50. The third-order valence-electron chi connectivity index (χ3n) is 2.94. The molecular weight excluding hydrogens is 226 g/mol. The highest BCUT2D eigenvalue weighted by Gasteiger charge is 2.13. The van der Waals surface area contributed by atoms with Crippen molar-refractivity contribution in [1.82, 2.24) is 4.98 Å². The van der Waals surface area contributed by atoms with E-state index in [1.54, 1.807) is 6.92 Å². The van der Waals surface area contributed by atoms with Crippen molar-refractivity contribution in [2.24, 2.45) is 0 Å². The van der Waals surface area contributed by atoms with E-state index >= 15 is 0 Å². The van der Waals surface area contributed by atoms with E-state index in [2.05, 4.69) is 11.1 Å². The van der Waals surface area contributed by atoms with Crippen molar-refractivity contribution in [2.75, 3.05) is 6.61 Å². The molecule has 18 heavy (non-hydrogen) atoms. The van der Waals surface area contributed by atoms with Crippen LogP contribution in [0.4, 0.5) is 0 Å². The number of rotatable bonds is 2. The van der Waals surface area contributed by atoms with Gasteiger partial charge < -0.3 is 4.74 Å². The third-order valence-corrected chi connectivity index (χ3v) is 2.94. The third kappa shape index (κ3) is 2.21. The number of hydrogen-bond acceptors (Lipinski definition) is 3. The van der Waals surface area contributed by atoms with Gasteiger partial charge in [0.25, 0.3) is 0 Å². The van der Waals surface area contributed by atoms with Gasteiger partial charge in [-0.15, -0.1) is 0 Å². The van der Waals surface area contributed by atoms with Crippen LogP contribution < -0.4 is 0 Å². The topological polar surface area (TPSA) is 39.2 Å². The van der Waals surface area contributed by atoms with E-state index in [1.807, 2.05) is 32.9 Å². The second-order valence-electron chi connectivity index (χ2n) is 4.50. The SMILES string of the molecule is CCOC(=O)c1cc2cc(C)cc(C)c2nc1C. The van der Waals surface area contributed by atoms with Gasteiger partial charge in [0.05, 0.1) is 23.4 Å². The summed E-state index contributed by atoms with van der Waals surface area (Å²) >= 11 is 0. The number of aromatic nitrogens is 1. The molecule has 3 nitrogen and oxygen atoms in total. The van der Waals surface area contributed by atoms with Gasteiger partial charge >= 0.3 is 5.97 Å². The molecular formula is C15H17NO2. The Morgan fingerprint density at radius 3 is 2.61 bits per heavy atom. The fourth-order valence-corrected chi connectivity index (χ4v) is 2.16. The summed E-state index contributed by atoms with van der Waals surface area (Å²) in [5, 5.41) is 0.987. The van der Waals surface area contributed by atoms with Gasteiger partial charge in [-0.1, -0.05) is 11.6 Å². The van der Waals surface area contributed by atoms with Gasteiger partial charge in [-0.2, -0.15) is 0 Å². The summed E-state index contributed by atoms with van der Waals surface area (Å²) in [5.41, 5.74) is 4.51. The molecule has 0 saturated heterocycles.